The Kier molecular flexibility index (Phi) is 3.36. The molecule has 0 spiro atoms. The summed E-state index contributed by atoms with van der Waals surface area (Å²) < 4.78 is 18.2. The molecule has 4 heteroatoms. The van der Waals surface area contributed by atoms with Crippen LogP contribution in [-0.4, -0.2) is 25.1 Å². The zero-order chi connectivity index (χ0) is 13.6. The number of fused-ring (bicyclic) bond motifs is 1. The summed E-state index contributed by atoms with van der Waals surface area (Å²) in [7, 11) is 1.68. The van der Waals surface area contributed by atoms with Gasteiger partial charge in [-0.2, -0.15) is 0 Å². The molecule has 1 aromatic carbocycles. The largest absolute Gasteiger partial charge is 0.496 e. The second kappa shape index (κ2) is 4.76. The number of benzene rings is 1. The Morgan fingerprint density at radius 2 is 1.84 bits per heavy atom. The Hall–Kier alpha value is -0.580. The molecule has 1 saturated heterocycles. The van der Waals surface area contributed by atoms with E-state index in [1.165, 1.54) is 5.56 Å². The van der Waals surface area contributed by atoms with Gasteiger partial charge in [0.05, 0.1) is 23.8 Å². The van der Waals surface area contributed by atoms with E-state index < -0.39 is 5.79 Å². The highest BCUT2D eigenvalue weighted by Gasteiger charge is 2.47. The summed E-state index contributed by atoms with van der Waals surface area (Å²) in [6, 6.07) is 6.30. The summed E-state index contributed by atoms with van der Waals surface area (Å²) in [4.78, 5) is 0. The Balaban J connectivity index is 1.74. The lowest BCUT2D eigenvalue weighted by Crippen LogP contribution is -2.22. The maximum absolute atomic E-state index is 5.94. The third-order valence-corrected chi connectivity index (χ3v) is 4.59. The van der Waals surface area contributed by atoms with Gasteiger partial charge in [0.25, 0.3) is 0 Å². The molecule has 104 valence electrons. The SMILES string of the molecule is COc1ccc(C2CC3OC(C)(C)OC3C2)cc1Br. The second-order valence-corrected chi connectivity index (χ2v) is 6.63. The van der Waals surface area contributed by atoms with Gasteiger partial charge in [-0.1, -0.05) is 6.07 Å². The lowest BCUT2D eigenvalue weighted by molar-refractivity contribution is -0.152. The van der Waals surface area contributed by atoms with Crippen LogP contribution >= 0.6 is 15.9 Å². The third-order valence-electron chi connectivity index (χ3n) is 3.97. The van der Waals surface area contributed by atoms with Crippen molar-refractivity contribution in [2.45, 2.75) is 50.6 Å². The van der Waals surface area contributed by atoms with Gasteiger partial charge in [-0.25, -0.2) is 0 Å². The highest BCUT2D eigenvalue weighted by Crippen LogP contribution is 2.45. The van der Waals surface area contributed by atoms with Gasteiger partial charge in [-0.3, -0.25) is 0 Å². The van der Waals surface area contributed by atoms with Gasteiger partial charge in [-0.05, 0) is 66.2 Å². The summed E-state index contributed by atoms with van der Waals surface area (Å²) in [5, 5.41) is 0. The zero-order valence-corrected chi connectivity index (χ0v) is 13.1. The van der Waals surface area contributed by atoms with Crippen molar-refractivity contribution in [3.8, 4) is 5.75 Å². The molecule has 0 bridgehead atoms. The molecule has 1 heterocycles. The predicted molar refractivity (Wildman–Crippen MR) is 76.5 cm³/mol. The Morgan fingerprint density at radius 1 is 1.21 bits per heavy atom. The molecule has 2 atom stereocenters. The third kappa shape index (κ3) is 2.54. The van der Waals surface area contributed by atoms with E-state index in [1.807, 2.05) is 19.9 Å². The summed E-state index contributed by atoms with van der Waals surface area (Å²) in [5.41, 5.74) is 1.33. The van der Waals surface area contributed by atoms with E-state index in [2.05, 4.69) is 28.1 Å². The van der Waals surface area contributed by atoms with Crippen LogP contribution in [0, 0.1) is 0 Å². The standard InChI is InChI=1S/C15H19BrO3/c1-15(2)18-13-7-10(8-14(13)19-15)9-4-5-12(17-3)11(16)6-9/h4-6,10,13-14H,7-8H2,1-3H3. The normalized spacial score (nSPS) is 32.3. The number of rotatable bonds is 2. The van der Waals surface area contributed by atoms with Crippen LogP contribution in [0.4, 0.5) is 0 Å². The first-order valence-corrected chi connectivity index (χ1v) is 7.47. The molecule has 1 saturated carbocycles. The van der Waals surface area contributed by atoms with Crippen LogP contribution < -0.4 is 4.74 Å². The van der Waals surface area contributed by atoms with Crippen molar-refractivity contribution in [3.63, 3.8) is 0 Å². The van der Waals surface area contributed by atoms with Crippen LogP contribution in [-0.2, 0) is 9.47 Å². The van der Waals surface area contributed by atoms with Crippen molar-refractivity contribution < 1.29 is 14.2 Å². The molecule has 0 N–H and O–H groups in total. The van der Waals surface area contributed by atoms with Crippen LogP contribution in [0.2, 0.25) is 0 Å². The minimum absolute atomic E-state index is 0.237. The van der Waals surface area contributed by atoms with Crippen LogP contribution in [0.3, 0.4) is 0 Å². The Morgan fingerprint density at radius 3 is 2.37 bits per heavy atom. The summed E-state index contributed by atoms with van der Waals surface area (Å²) in [6.07, 6.45) is 2.54. The molecular formula is C15H19BrO3. The molecule has 2 fully saturated rings. The average Bonchev–Trinajstić information content (AvgIpc) is 2.82. The van der Waals surface area contributed by atoms with E-state index in [9.17, 15) is 0 Å². The smallest absolute Gasteiger partial charge is 0.163 e. The summed E-state index contributed by atoms with van der Waals surface area (Å²) in [6.45, 7) is 3.98. The molecule has 0 radical (unpaired) electrons. The minimum Gasteiger partial charge on any atom is -0.496 e. The monoisotopic (exact) mass is 326 g/mol. The van der Waals surface area contributed by atoms with Gasteiger partial charge in [0.1, 0.15) is 5.75 Å². The van der Waals surface area contributed by atoms with Gasteiger partial charge in [0.2, 0.25) is 0 Å². The van der Waals surface area contributed by atoms with Gasteiger partial charge in [-0.15, -0.1) is 0 Å². The van der Waals surface area contributed by atoms with E-state index in [1.54, 1.807) is 7.11 Å². The number of halogens is 1. The van der Waals surface area contributed by atoms with Crippen molar-refractivity contribution in [1.29, 1.82) is 0 Å². The van der Waals surface area contributed by atoms with E-state index in [4.69, 9.17) is 14.2 Å². The number of hydrogen-bond acceptors (Lipinski definition) is 3. The van der Waals surface area contributed by atoms with E-state index in [0.717, 1.165) is 23.1 Å². The van der Waals surface area contributed by atoms with Crippen LogP contribution in [0.25, 0.3) is 0 Å². The molecule has 3 rings (SSSR count). The van der Waals surface area contributed by atoms with Gasteiger partial charge in [0, 0.05) is 0 Å². The summed E-state index contributed by atoms with van der Waals surface area (Å²) >= 11 is 3.55. The van der Waals surface area contributed by atoms with Crippen molar-refractivity contribution in [2.24, 2.45) is 0 Å². The topological polar surface area (TPSA) is 27.7 Å². The molecule has 2 aliphatic rings. The lowest BCUT2D eigenvalue weighted by Gasteiger charge is -2.21. The first kappa shape index (κ1) is 13.4. The van der Waals surface area contributed by atoms with Crippen LogP contribution in [0.15, 0.2) is 22.7 Å². The maximum Gasteiger partial charge on any atom is 0.163 e. The minimum atomic E-state index is -0.416. The fourth-order valence-electron chi connectivity index (χ4n) is 3.17. The average molecular weight is 327 g/mol. The molecule has 0 aromatic heterocycles. The Labute approximate surface area is 122 Å². The van der Waals surface area contributed by atoms with E-state index in [0.29, 0.717) is 5.92 Å². The van der Waals surface area contributed by atoms with E-state index in [-0.39, 0.29) is 12.2 Å². The summed E-state index contributed by atoms with van der Waals surface area (Å²) in [5.74, 6) is 0.963. The molecule has 19 heavy (non-hydrogen) atoms. The first-order valence-electron chi connectivity index (χ1n) is 6.67. The van der Waals surface area contributed by atoms with Gasteiger partial charge >= 0.3 is 0 Å². The molecule has 3 nitrogen and oxygen atoms in total. The number of hydrogen-bond donors (Lipinski definition) is 0. The molecular weight excluding hydrogens is 308 g/mol. The second-order valence-electron chi connectivity index (χ2n) is 5.77. The highest BCUT2D eigenvalue weighted by molar-refractivity contribution is 9.10. The molecule has 2 unspecified atom stereocenters. The van der Waals surface area contributed by atoms with Crippen molar-refractivity contribution in [2.75, 3.05) is 7.11 Å². The maximum atomic E-state index is 5.94. The molecule has 1 aliphatic carbocycles. The fourth-order valence-corrected chi connectivity index (χ4v) is 3.73. The zero-order valence-electron chi connectivity index (χ0n) is 11.5. The molecule has 1 aliphatic heterocycles. The predicted octanol–water partition coefficient (Wildman–Crippen LogP) is 3.86. The van der Waals surface area contributed by atoms with Gasteiger partial charge < -0.3 is 14.2 Å². The lowest BCUT2D eigenvalue weighted by atomic mass is 9.97. The number of methoxy groups -OCH3 is 1. The first-order chi connectivity index (χ1) is 8.98. The molecule has 0 amide bonds. The number of ether oxygens (including phenoxy) is 3. The highest BCUT2D eigenvalue weighted by atomic mass is 79.9. The molecule has 1 aromatic rings. The van der Waals surface area contributed by atoms with E-state index >= 15 is 0 Å². The van der Waals surface area contributed by atoms with Crippen molar-refractivity contribution in [3.05, 3.63) is 28.2 Å². The Bertz CT molecular complexity index is 470. The fraction of sp³-hybridized carbons (Fsp3) is 0.600. The van der Waals surface area contributed by atoms with Gasteiger partial charge in [0.15, 0.2) is 5.79 Å². The van der Waals surface area contributed by atoms with Crippen molar-refractivity contribution in [1.82, 2.24) is 0 Å². The quantitative estimate of drug-likeness (QED) is 0.826. The van der Waals surface area contributed by atoms with Crippen LogP contribution in [0.5, 0.6) is 5.75 Å². The van der Waals surface area contributed by atoms with Crippen LogP contribution in [0.1, 0.15) is 38.2 Å². The van der Waals surface area contributed by atoms with Crippen molar-refractivity contribution >= 4 is 15.9 Å².